The molecule has 0 radical (unpaired) electrons. The number of para-hydroxylation sites is 1. The number of hydrogen-bond donors (Lipinski definition) is 0. The lowest BCUT2D eigenvalue weighted by atomic mass is 9.98. The van der Waals surface area contributed by atoms with Crippen molar-refractivity contribution in [3.8, 4) is 11.1 Å². The van der Waals surface area contributed by atoms with Crippen LogP contribution in [-0.4, -0.2) is 59.6 Å². The average Bonchev–Trinajstić information content (AvgIpc) is 3.30. The second-order valence-corrected chi connectivity index (χ2v) is 12.6. The largest absolute Gasteiger partial charge is 0.416 e. The van der Waals surface area contributed by atoms with Crippen molar-refractivity contribution >= 4 is 28.6 Å². The van der Waals surface area contributed by atoms with Crippen molar-refractivity contribution in [1.82, 2.24) is 14.4 Å². The summed E-state index contributed by atoms with van der Waals surface area (Å²) >= 11 is 0.262. The van der Waals surface area contributed by atoms with Crippen LogP contribution in [0.4, 0.5) is 22.0 Å². The molecule has 4 aromatic carbocycles. The predicted molar refractivity (Wildman–Crippen MR) is 198 cm³/mol. The number of rotatable bonds is 12. The lowest BCUT2D eigenvalue weighted by Crippen LogP contribution is -2.48. The highest BCUT2D eigenvalue weighted by Crippen LogP contribution is 2.34. The van der Waals surface area contributed by atoms with Gasteiger partial charge in [-0.2, -0.15) is 13.2 Å². The van der Waals surface area contributed by atoms with Gasteiger partial charge in [-0.15, -0.1) is 11.8 Å². The van der Waals surface area contributed by atoms with Crippen LogP contribution in [0.25, 0.3) is 22.0 Å². The highest BCUT2D eigenvalue weighted by Gasteiger charge is 2.32. The van der Waals surface area contributed by atoms with E-state index in [1.54, 1.807) is 4.90 Å². The van der Waals surface area contributed by atoms with Crippen molar-refractivity contribution in [2.24, 2.45) is 0 Å². The lowest BCUT2D eigenvalue weighted by Gasteiger charge is -2.39. The number of methoxy groups -OCH3 is 1. The third kappa shape index (κ3) is 9.00. The third-order valence-corrected chi connectivity index (χ3v) is 9.24. The van der Waals surface area contributed by atoms with E-state index in [0.717, 1.165) is 6.92 Å². The first-order valence-electron chi connectivity index (χ1n) is 25.8. The minimum absolute atomic E-state index is 0.0108. The quantitative estimate of drug-likeness (QED) is 0.0940. The van der Waals surface area contributed by atoms with E-state index in [4.69, 9.17) is 29.4 Å². The number of carbonyl (C=O) groups is 1. The molecule has 0 bridgehead atoms. The number of aromatic nitrogens is 1. The van der Waals surface area contributed by atoms with Gasteiger partial charge in [0.2, 0.25) is 5.91 Å². The molecule has 0 saturated carbocycles. The van der Waals surface area contributed by atoms with Gasteiger partial charge in [-0.3, -0.25) is 9.59 Å². The fraction of sp³-hybridized carbons (Fsp3) is 0.317. The molecule has 1 fully saturated rings. The minimum atomic E-state index is -5.23. The van der Waals surface area contributed by atoms with Crippen LogP contribution in [0.3, 0.4) is 0 Å². The molecule has 53 heavy (non-hydrogen) atoms. The van der Waals surface area contributed by atoms with Gasteiger partial charge < -0.3 is 19.1 Å². The second kappa shape index (κ2) is 16.7. The molecule has 1 aromatic heterocycles. The molecule has 0 unspecified atom stereocenters. The molecule has 6 rings (SSSR count). The molecule has 1 aliphatic rings. The maximum Gasteiger partial charge on any atom is 0.416 e. The van der Waals surface area contributed by atoms with Crippen molar-refractivity contribution in [2.45, 2.75) is 55.8 Å². The number of nitrogens with zero attached hydrogens (tertiary/aromatic N) is 3. The number of amides is 1. The second-order valence-electron chi connectivity index (χ2n) is 11.6. The van der Waals surface area contributed by atoms with Crippen LogP contribution in [0.15, 0.2) is 100 Å². The predicted octanol–water partition coefficient (Wildman–Crippen LogP) is 8.71. The van der Waals surface area contributed by atoms with Crippen LogP contribution in [-0.2, 0) is 34.5 Å². The summed E-state index contributed by atoms with van der Waals surface area (Å²) in [7, 11) is -2.75. The zero-order valence-electron chi connectivity index (χ0n) is 47.6. The maximum atomic E-state index is 15.3. The van der Waals surface area contributed by atoms with Crippen molar-refractivity contribution in [1.29, 1.82) is 0 Å². The Morgan fingerprint density at radius 3 is 2.47 bits per heavy atom. The lowest BCUT2D eigenvalue weighted by molar-refractivity contribution is -0.138. The van der Waals surface area contributed by atoms with Crippen molar-refractivity contribution < 1.29 is 58.9 Å². The van der Waals surface area contributed by atoms with Gasteiger partial charge in [0.15, 0.2) is 17.1 Å². The highest BCUT2D eigenvalue weighted by atomic mass is 32.2. The van der Waals surface area contributed by atoms with E-state index in [1.807, 2.05) is 0 Å². The first-order valence-corrected chi connectivity index (χ1v) is 16.8. The summed E-state index contributed by atoms with van der Waals surface area (Å²) in [4.78, 5) is 31.3. The van der Waals surface area contributed by atoms with E-state index in [0.29, 0.717) is 9.47 Å². The van der Waals surface area contributed by atoms with Gasteiger partial charge in [-0.05, 0) is 66.2 Å². The van der Waals surface area contributed by atoms with Crippen LogP contribution in [0, 0.1) is 18.6 Å². The number of ether oxygens (including phenoxy) is 1. The summed E-state index contributed by atoms with van der Waals surface area (Å²) in [6.45, 7) is -4.31. The van der Waals surface area contributed by atoms with Crippen LogP contribution in [0.2, 0.25) is 0 Å². The normalized spacial score (nSPS) is 20.0. The number of alkyl halides is 3. The van der Waals surface area contributed by atoms with Gasteiger partial charge in [0, 0.05) is 62.0 Å². The summed E-state index contributed by atoms with van der Waals surface area (Å²) in [5, 5.41) is -1.56. The molecule has 12 heteroatoms. The Kier molecular flexibility index (Phi) is 6.36. The first-order chi connectivity index (χ1) is 33.6. The monoisotopic (exact) mass is 769 g/mol. The van der Waals surface area contributed by atoms with E-state index in [9.17, 15) is 25.1 Å². The highest BCUT2D eigenvalue weighted by molar-refractivity contribution is 7.98. The van der Waals surface area contributed by atoms with Gasteiger partial charge in [0.25, 0.3) is 0 Å². The van der Waals surface area contributed by atoms with E-state index >= 15 is 9.18 Å². The molecule has 1 saturated heterocycles. The fourth-order valence-electron chi connectivity index (χ4n) is 5.58. The van der Waals surface area contributed by atoms with Gasteiger partial charge in [0.05, 0.1) is 50.1 Å². The summed E-state index contributed by atoms with van der Waals surface area (Å²) < 4.78 is 247. The Labute approximate surface area is 337 Å². The van der Waals surface area contributed by atoms with Crippen LogP contribution in [0.5, 0.6) is 0 Å². The number of hydrogen-bond acceptors (Lipinski definition) is 5. The fourth-order valence-corrected chi connectivity index (χ4v) is 6.53. The number of halogens is 5. The summed E-state index contributed by atoms with van der Waals surface area (Å²) in [6.07, 6.45) is -5.60. The number of fused-ring (bicyclic) bond motifs is 1. The molecule has 0 N–H and O–H groups in total. The molecule has 6 nitrogen and oxygen atoms in total. The van der Waals surface area contributed by atoms with Crippen molar-refractivity contribution in [3.05, 3.63) is 135 Å². The first kappa shape index (κ1) is 20.2. The molecule has 1 amide bonds. The Balaban J connectivity index is 1.58. The number of benzene rings is 4. The van der Waals surface area contributed by atoms with Crippen molar-refractivity contribution in [2.75, 3.05) is 33.3 Å². The Hall–Kier alpha value is -4.52. The number of piperidine rings is 1. The van der Waals surface area contributed by atoms with Gasteiger partial charge in [0.1, 0.15) is 6.54 Å². The van der Waals surface area contributed by atoms with Gasteiger partial charge >= 0.3 is 6.18 Å². The SMILES string of the molecule is [2H]c1c([2H])c(F)c(F)c(CSc2c([2H])c(=O)c3c([2H])c([2H])c([2H])c([2H])c3n2CC(=O)N(C2CCN(CCOC([2H])([2H])[2H])CC2)C([2H])([2H])c2c([2H])c([2H])c(-c3c([2H])c([2H])c(C(F)(F)F)c(C)c3[2H])c([2H])c2[2H])c1[2H]. The smallest absolute Gasteiger partial charge is 0.383 e. The van der Waals surface area contributed by atoms with E-state index in [-0.39, 0.29) is 50.8 Å². The molecule has 278 valence electrons. The molecule has 2 heterocycles. The Bertz CT molecular complexity index is 3080. The molecule has 0 atom stereocenters. The summed E-state index contributed by atoms with van der Waals surface area (Å²) in [5.41, 5.74) is -8.60. The molecule has 1 aliphatic heterocycles. The van der Waals surface area contributed by atoms with Crippen LogP contribution in [0.1, 0.15) is 62.5 Å². The summed E-state index contributed by atoms with van der Waals surface area (Å²) in [6, 6.07) is -18.4. The number of pyridine rings is 1. The molecule has 0 aliphatic carbocycles. The minimum Gasteiger partial charge on any atom is -0.383 e. The Morgan fingerprint density at radius 1 is 1.00 bits per heavy atom. The molecular formula is C41H40F5N3O3S. The van der Waals surface area contributed by atoms with E-state index < -0.39 is 201 Å². The van der Waals surface area contributed by atoms with E-state index in [1.165, 1.54) is 0 Å². The average molecular weight is 770 g/mol. The van der Waals surface area contributed by atoms with Crippen LogP contribution < -0.4 is 5.43 Å². The van der Waals surface area contributed by atoms with Gasteiger partial charge in [-0.25, -0.2) is 8.78 Å². The number of likely N-dealkylation sites (tertiary alicyclic amines) is 1. The zero-order chi connectivity index (χ0) is 55.0. The topological polar surface area (TPSA) is 54.8 Å². The number of carbonyl (C=O) groups excluding carboxylic acids is 1. The molecular weight excluding hydrogens is 710 g/mol. The van der Waals surface area contributed by atoms with Crippen LogP contribution >= 0.6 is 11.8 Å². The van der Waals surface area contributed by atoms with Gasteiger partial charge in [-0.1, -0.05) is 60.4 Å². The zero-order valence-corrected chi connectivity index (χ0v) is 28.4. The van der Waals surface area contributed by atoms with Crippen molar-refractivity contribution in [3.63, 3.8) is 0 Å². The third-order valence-electron chi connectivity index (χ3n) is 8.21. The standard InChI is InChI=1S/C41H40F5N3O3S/c1-27-22-30(14-15-34(27)41(44,45)46)29-12-10-28(11-13-29)24-48(32-16-18-47(19-17-32)20-21-52-2)38(51)25-49-36-9-4-3-7-33(36)37(50)23-39(49)53-26-31-6-5-8-35(42)40(31)43/h3-15,22-23,32H,16-21,24-26H2,1-2H3/i2D3,3D,4D,5D,6D,7D,8D,9D,10D,11D,12D,13D,14D,15D,22D,23D,24D2. The number of thioether (sulfide) groups is 1. The Morgan fingerprint density at radius 2 is 1.74 bits per heavy atom. The van der Waals surface area contributed by atoms with E-state index in [2.05, 4.69) is 0 Å². The summed E-state index contributed by atoms with van der Waals surface area (Å²) in [5.74, 6) is -5.90. The molecule has 0 spiro atoms. The maximum absolute atomic E-state index is 15.3. The molecule has 5 aromatic rings.